The van der Waals surface area contributed by atoms with Crippen molar-refractivity contribution in [1.82, 2.24) is 0 Å². The highest BCUT2D eigenvalue weighted by Gasteiger charge is 2.21. The van der Waals surface area contributed by atoms with Gasteiger partial charge in [0.05, 0.1) is 26.4 Å². The Balaban J connectivity index is 2.88. The van der Waals surface area contributed by atoms with Gasteiger partial charge in [-0.2, -0.15) is 0 Å². The van der Waals surface area contributed by atoms with Crippen LogP contribution in [-0.4, -0.2) is 25.3 Å². The smallest absolute Gasteiger partial charge is 0.333 e. The van der Waals surface area contributed by atoms with Crippen LogP contribution in [0.1, 0.15) is 18.6 Å². The van der Waals surface area contributed by atoms with Crippen molar-refractivity contribution in [2.75, 3.05) is 14.2 Å². The van der Waals surface area contributed by atoms with Gasteiger partial charge in [0.25, 0.3) is 0 Å². The summed E-state index contributed by atoms with van der Waals surface area (Å²) in [5, 5.41) is 10.2. The SMILES string of the molecule is COC(=O)/C=C(\OC)[C@H](C)[C@@H](O)c1ccccc1. The lowest BCUT2D eigenvalue weighted by molar-refractivity contribution is -0.135. The quantitative estimate of drug-likeness (QED) is 0.493. The Morgan fingerprint density at radius 3 is 2.33 bits per heavy atom. The summed E-state index contributed by atoms with van der Waals surface area (Å²) in [4.78, 5) is 11.2. The molecule has 4 heteroatoms. The zero-order valence-corrected chi connectivity index (χ0v) is 10.8. The molecule has 0 aliphatic heterocycles. The molecule has 18 heavy (non-hydrogen) atoms. The average Bonchev–Trinajstić information content (AvgIpc) is 2.43. The monoisotopic (exact) mass is 250 g/mol. The van der Waals surface area contributed by atoms with Crippen molar-refractivity contribution in [3.05, 3.63) is 47.7 Å². The second-order valence-electron chi connectivity index (χ2n) is 3.92. The van der Waals surface area contributed by atoms with Gasteiger partial charge in [-0.15, -0.1) is 0 Å². The van der Waals surface area contributed by atoms with Crippen LogP contribution < -0.4 is 0 Å². The van der Waals surface area contributed by atoms with E-state index in [4.69, 9.17) is 4.74 Å². The molecule has 0 unspecified atom stereocenters. The number of aliphatic hydroxyl groups excluding tert-OH is 1. The number of benzene rings is 1. The van der Waals surface area contributed by atoms with Crippen molar-refractivity contribution < 1.29 is 19.4 Å². The van der Waals surface area contributed by atoms with E-state index in [1.54, 1.807) is 6.92 Å². The molecule has 0 bridgehead atoms. The van der Waals surface area contributed by atoms with Crippen molar-refractivity contribution in [2.24, 2.45) is 5.92 Å². The third-order valence-electron chi connectivity index (χ3n) is 2.76. The summed E-state index contributed by atoms with van der Waals surface area (Å²) in [5.74, 6) is -0.450. The lowest BCUT2D eigenvalue weighted by Gasteiger charge is -2.21. The maximum Gasteiger partial charge on any atom is 0.333 e. The summed E-state index contributed by atoms with van der Waals surface area (Å²) in [7, 11) is 2.76. The third kappa shape index (κ3) is 3.60. The van der Waals surface area contributed by atoms with Gasteiger partial charge in [-0.05, 0) is 5.56 Å². The van der Waals surface area contributed by atoms with E-state index in [2.05, 4.69) is 4.74 Å². The molecule has 4 nitrogen and oxygen atoms in total. The Labute approximate surface area is 107 Å². The number of methoxy groups -OCH3 is 2. The molecule has 1 aromatic carbocycles. The number of hydrogen-bond donors (Lipinski definition) is 1. The number of carbonyl (C=O) groups is 1. The number of aliphatic hydroxyl groups is 1. The van der Waals surface area contributed by atoms with Crippen molar-refractivity contribution in [3.8, 4) is 0 Å². The maximum absolute atomic E-state index is 11.2. The van der Waals surface area contributed by atoms with E-state index in [0.29, 0.717) is 5.76 Å². The molecule has 98 valence electrons. The van der Waals surface area contributed by atoms with Crippen LogP contribution in [-0.2, 0) is 14.3 Å². The lowest BCUT2D eigenvalue weighted by Crippen LogP contribution is -2.14. The Kier molecular flexibility index (Phi) is 5.39. The zero-order chi connectivity index (χ0) is 13.5. The third-order valence-corrected chi connectivity index (χ3v) is 2.76. The summed E-state index contributed by atoms with van der Waals surface area (Å²) in [6.45, 7) is 1.79. The van der Waals surface area contributed by atoms with E-state index in [1.165, 1.54) is 20.3 Å². The van der Waals surface area contributed by atoms with Crippen LogP contribution in [0.2, 0.25) is 0 Å². The largest absolute Gasteiger partial charge is 0.500 e. The molecule has 0 aromatic heterocycles. The van der Waals surface area contributed by atoms with Crippen molar-refractivity contribution in [1.29, 1.82) is 0 Å². The van der Waals surface area contributed by atoms with E-state index in [1.807, 2.05) is 30.3 Å². The van der Waals surface area contributed by atoms with Gasteiger partial charge < -0.3 is 14.6 Å². The van der Waals surface area contributed by atoms with Gasteiger partial charge in [-0.25, -0.2) is 4.79 Å². The van der Waals surface area contributed by atoms with Crippen LogP contribution >= 0.6 is 0 Å². The molecule has 0 heterocycles. The van der Waals surface area contributed by atoms with Gasteiger partial charge in [-0.3, -0.25) is 0 Å². The number of hydrogen-bond acceptors (Lipinski definition) is 4. The van der Waals surface area contributed by atoms with Gasteiger partial charge in [0.1, 0.15) is 5.76 Å². The maximum atomic E-state index is 11.2. The molecule has 2 atom stereocenters. The first-order chi connectivity index (χ1) is 8.60. The minimum atomic E-state index is -0.734. The van der Waals surface area contributed by atoms with E-state index < -0.39 is 12.1 Å². The van der Waals surface area contributed by atoms with Gasteiger partial charge in [0.2, 0.25) is 0 Å². The Hall–Kier alpha value is -1.81. The van der Waals surface area contributed by atoms with Crippen molar-refractivity contribution >= 4 is 5.97 Å². The van der Waals surface area contributed by atoms with Crippen molar-refractivity contribution in [3.63, 3.8) is 0 Å². The molecule has 0 aliphatic rings. The molecule has 0 amide bonds. The number of esters is 1. The fourth-order valence-corrected chi connectivity index (χ4v) is 1.65. The normalized spacial score (nSPS) is 14.8. The average molecular weight is 250 g/mol. The Bertz CT molecular complexity index is 411. The minimum Gasteiger partial charge on any atom is -0.500 e. The highest BCUT2D eigenvalue weighted by Crippen LogP contribution is 2.27. The highest BCUT2D eigenvalue weighted by atomic mass is 16.5. The Morgan fingerprint density at radius 2 is 1.83 bits per heavy atom. The number of ether oxygens (including phenoxy) is 2. The van der Waals surface area contributed by atoms with Crippen LogP contribution in [0.4, 0.5) is 0 Å². The molecule has 1 rings (SSSR count). The number of carbonyl (C=O) groups excluding carboxylic acids is 1. The minimum absolute atomic E-state index is 0.337. The molecular formula is C14H18O4. The van der Waals surface area contributed by atoms with Gasteiger partial charge in [0, 0.05) is 5.92 Å². The summed E-state index contributed by atoms with van der Waals surface area (Å²) in [6, 6.07) is 9.23. The molecule has 0 radical (unpaired) electrons. The second kappa shape index (κ2) is 6.81. The predicted octanol–water partition coefficient (Wildman–Crippen LogP) is 2.06. The molecule has 1 N–H and O–H groups in total. The van der Waals surface area contributed by atoms with Crippen molar-refractivity contribution in [2.45, 2.75) is 13.0 Å². The molecule has 1 aromatic rings. The predicted molar refractivity (Wildman–Crippen MR) is 67.7 cm³/mol. The summed E-state index contributed by atoms with van der Waals surface area (Å²) >= 11 is 0. The van der Waals surface area contributed by atoms with Crippen LogP contribution in [0.15, 0.2) is 42.2 Å². The summed E-state index contributed by atoms with van der Waals surface area (Å²) in [5.41, 5.74) is 0.776. The standard InChI is InChI=1S/C14H18O4/c1-10(12(17-2)9-13(15)18-3)14(16)11-7-5-4-6-8-11/h4-10,14,16H,1-3H3/b12-9-/t10-,14+/m0/s1. The summed E-state index contributed by atoms with van der Waals surface area (Å²) < 4.78 is 9.67. The summed E-state index contributed by atoms with van der Waals surface area (Å²) in [6.07, 6.45) is 0.513. The first kappa shape index (κ1) is 14.3. The van der Waals surface area contributed by atoms with E-state index in [0.717, 1.165) is 5.56 Å². The molecule has 0 saturated heterocycles. The first-order valence-electron chi connectivity index (χ1n) is 5.66. The second-order valence-corrected chi connectivity index (χ2v) is 3.92. The molecular weight excluding hydrogens is 232 g/mol. The van der Waals surface area contributed by atoms with Crippen LogP contribution in [0.5, 0.6) is 0 Å². The Morgan fingerprint density at radius 1 is 1.22 bits per heavy atom. The van der Waals surface area contributed by atoms with E-state index >= 15 is 0 Å². The first-order valence-corrected chi connectivity index (χ1v) is 5.66. The van der Waals surface area contributed by atoms with Gasteiger partial charge in [0.15, 0.2) is 0 Å². The topological polar surface area (TPSA) is 55.8 Å². The van der Waals surface area contributed by atoms with Crippen LogP contribution in [0, 0.1) is 5.92 Å². The number of rotatable bonds is 5. The van der Waals surface area contributed by atoms with Gasteiger partial charge in [-0.1, -0.05) is 37.3 Å². The fourth-order valence-electron chi connectivity index (χ4n) is 1.65. The molecule has 0 aliphatic carbocycles. The molecule has 0 fully saturated rings. The highest BCUT2D eigenvalue weighted by molar-refractivity contribution is 5.82. The molecule has 0 saturated carbocycles. The fraction of sp³-hybridized carbons (Fsp3) is 0.357. The van der Waals surface area contributed by atoms with E-state index in [9.17, 15) is 9.90 Å². The van der Waals surface area contributed by atoms with Crippen LogP contribution in [0.3, 0.4) is 0 Å². The molecule has 0 spiro atoms. The van der Waals surface area contributed by atoms with E-state index in [-0.39, 0.29) is 5.92 Å². The van der Waals surface area contributed by atoms with Gasteiger partial charge >= 0.3 is 5.97 Å². The lowest BCUT2D eigenvalue weighted by atomic mass is 9.95. The van der Waals surface area contributed by atoms with Crippen LogP contribution in [0.25, 0.3) is 0 Å². The zero-order valence-electron chi connectivity index (χ0n) is 10.8.